The van der Waals surface area contributed by atoms with E-state index in [4.69, 9.17) is 5.73 Å². The van der Waals surface area contributed by atoms with Crippen LogP contribution in [0.1, 0.15) is 16.9 Å². The Hall–Kier alpha value is -1.88. The van der Waals surface area contributed by atoms with Gasteiger partial charge in [-0.3, -0.25) is 10.1 Å². The summed E-state index contributed by atoms with van der Waals surface area (Å²) >= 11 is 1.62. The topological polar surface area (TPSA) is 69.2 Å². The van der Waals surface area contributed by atoms with Crippen molar-refractivity contribution in [3.8, 4) is 11.1 Å². The average Bonchev–Trinajstić information content (AvgIpc) is 2.88. The molecule has 0 unspecified atom stereocenters. The lowest BCUT2D eigenvalue weighted by Crippen LogP contribution is -1.91. The summed E-state index contributed by atoms with van der Waals surface area (Å²) in [5, 5.41) is 11.6. The Kier molecular flexibility index (Phi) is 2.56. The largest absolute Gasteiger partial charge is 0.390 e. The molecule has 0 bridgehead atoms. The van der Waals surface area contributed by atoms with Crippen molar-refractivity contribution in [3.63, 3.8) is 0 Å². The van der Waals surface area contributed by atoms with E-state index in [2.05, 4.69) is 0 Å². The van der Waals surface area contributed by atoms with Crippen molar-refractivity contribution in [2.24, 2.45) is 0 Å². The molecule has 0 fully saturated rings. The van der Waals surface area contributed by atoms with Crippen molar-refractivity contribution in [3.05, 3.63) is 44.8 Å². The van der Waals surface area contributed by atoms with Gasteiger partial charge < -0.3 is 5.73 Å². The number of nitro benzene ring substituents is 1. The van der Waals surface area contributed by atoms with Crippen LogP contribution in [0.5, 0.6) is 0 Å². The van der Waals surface area contributed by atoms with Crippen LogP contribution in [-0.2, 0) is 12.8 Å². The normalized spacial score (nSPS) is 13.6. The molecule has 18 heavy (non-hydrogen) atoms. The second-order valence-corrected chi connectivity index (χ2v) is 5.54. The van der Waals surface area contributed by atoms with Gasteiger partial charge in [0.15, 0.2) is 0 Å². The second-order valence-electron chi connectivity index (χ2n) is 4.40. The highest BCUT2D eigenvalue weighted by Crippen LogP contribution is 2.43. The number of nitrogens with two attached hydrogens (primary N) is 1. The van der Waals surface area contributed by atoms with Crippen LogP contribution in [0.3, 0.4) is 0 Å². The molecule has 2 aromatic rings. The number of fused-ring (bicyclic) bond motifs is 1. The molecule has 1 aliphatic carbocycles. The molecule has 1 aliphatic rings. The molecule has 0 amide bonds. The van der Waals surface area contributed by atoms with Crippen LogP contribution in [0.4, 0.5) is 10.7 Å². The minimum absolute atomic E-state index is 0.116. The van der Waals surface area contributed by atoms with Crippen molar-refractivity contribution >= 4 is 22.0 Å². The van der Waals surface area contributed by atoms with Gasteiger partial charge in [0.05, 0.1) is 9.92 Å². The monoisotopic (exact) mass is 260 g/mol. The van der Waals surface area contributed by atoms with Gasteiger partial charge in [-0.2, -0.15) is 0 Å². The number of nitrogens with zero attached hydrogens (tertiary/aromatic N) is 1. The van der Waals surface area contributed by atoms with Crippen LogP contribution < -0.4 is 5.73 Å². The van der Waals surface area contributed by atoms with Gasteiger partial charge in [0.1, 0.15) is 0 Å². The number of hydrogen-bond acceptors (Lipinski definition) is 4. The Morgan fingerprint density at radius 2 is 2.17 bits per heavy atom. The van der Waals surface area contributed by atoms with E-state index in [1.54, 1.807) is 23.5 Å². The molecule has 1 aromatic carbocycles. The third-order valence-corrected chi connectivity index (χ3v) is 4.42. The molecule has 0 spiro atoms. The van der Waals surface area contributed by atoms with Crippen LogP contribution in [0.25, 0.3) is 11.1 Å². The van der Waals surface area contributed by atoms with Crippen molar-refractivity contribution < 1.29 is 4.92 Å². The molecular weight excluding hydrogens is 248 g/mol. The number of benzene rings is 1. The quantitative estimate of drug-likeness (QED) is 0.664. The lowest BCUT2D eigenvalue weighted by molar-refractivity contribution is -0.384. The first-order chi connectivity index (χ1) is 8.66. The SMILES string of the molecule is Nc1sc2c(c1-c1cccc([N+](=O)[O-])c1)CCC2. The lowest BCUT2D eigenvalue weighted by atomic mass is 10.0. The standard InChI is InChI=1S/C13H12N2O2S/c14-13-12(10-5-2-6-11(10)18-13)8-3-1-4-9(7-8)15(16)17/h1,3-4,7H,2,5-6,14H2. The molecule has 5 heteroatoms. The molecule has 4 nitrogen and oxygen atoms in total. The minimum atomic E-state index is -0.369. The van der Waals surface area contributed by atoms with E-state index in [9.17, 15) is 10.1 Å². The average molecular weight is 260 g/mol. The number of nitro groups is 1. The van der Waals surface area contributed by atoms with E-state index in [1.807, 2.05) is 6.07 Å². The Labute approximate surface area is 108 Å². The number of anilines is 1. The van der Waals surface area contributed by atoms with E-state index < -0.39 is 0 Å². The number of hydrogen-bond donors (Lipinski definition) is 1. The fraction of sp³-hybridized carbons (Fsp3) is 0.231. The zero-order valence-corrected chi connectivity index (χ0v) is 10.5. The van der Waals surface area contributed by atoms with Crippen LogP contribution in [0, 0.1) is 10.1 Å². The number of non-ortho nitro benzene ring substituents is 1. The van der Waals surface area contributed by atoms with E-state index in [0.717, 1.165) is 35.4 Å². The van der Waals surface area contributed by atoms with Gasteiger partial charge in [-0.15, -0.1) is 11.3 Å². The third-order valence-electron chi connectivity index (χ3n) is 3.29. The smallest absolute Gasteiger partial charge is 0.270 e. The van der Waals surface area contributed by atoms with Crippen molar-refractivity contribution in [2.45, 2.75) is 19.3 Å². The minimum Gasteiger partial charge on any atom is -0.390 e. The van der Waals surface area contributed by atoms with Crippen molar-refractivity contribution in [1.82, 2.24) is 0 Å². The number of aryl methyl sites for hydroxylation is 1. The van der Waals surface area contributed by atoms with E-state index >= 15 is 0 Å². The van der Waals surface area contributed by atoms with Gasteiger partial charge >= 0.3 is 0 Å². The zero-order valence-electron chi connectivity index (χ0n) is 9.68. The summed E-state index contributed by atoms with van der Waals surface area (Å²) in [4.78, 5) is 11.8. The van der Waals surface area contributed by atoms with Crippen LogP contribution in [0.15, 0.2) is 24.3 Å². The number of thiophene rings is 1. The summed E-state index contributed by atoms with van der Waals surface area (Å²) < 4.78 is 0. The van der Waals surface area contributed by atoms with E-state index in [-0.39, 0.29) is 10.6 Å². The van der Waals surface area contributed by atoms with Crippen LogP contribution >= 0.6 is 11.3 Å². The van der Waals surface area contributed by atoms with Crippen molar-refractivity contribution in [1.29, 1.82) is 0 Å². The second kappa shape index (κ2) is 4.10. The maximum absolute atomic E-state index is 10.8. The highest BCUT2D eigenvalue weighted by atomic mass is 32.1. The van der Waals surface area contributed by atoms with Gasteiger partial charge in [0.2, 0.25) is 0 Å². The Morgan fingerprint density at radius 3 is 2.94 bits per heavy atom. The van der Waals surface area contributed by atoms with Gasteiger partial charge in [-0.1, -0.05) is 12.1 Å². The molecule has 1 heterocycles. The molecule has 0 atom stereocenters. The Bertz CT molecular complexity index is 634. The van der Waals surface area contributed by atoms with Gasteiger partial charge in [-0.25, -0.2) is 0 Å². The van der Waals surface area contributed by atoms with E-state index in [1.165, 1.54) is 16.5 Å². The summed E-state index contributed by atoms with van der Waals surface area (Å²) in [5.74, 6) is 0. The van der Waals surface area contributed by atoms with Gasteiger partial charge in [-0.05, 0) is 30.4 Å². The fourth-order valence-corrected chi connectivity index (χ4v) is 3.70. The molecule has 0 saturated carbocycles. The number of rotatable bonds is 2. The highest BCUT2D eigenvalue weighted by Gasteiger charge is 2.22. The summed E-state index contributed by atoms with van der Waals surface area (Å²) in [6.07, 6.45) is 3.27. The fourth-order valence-electron chi connectivity index (χ4n) is 2.52. The first kappa shape index (κ1) is 11.2. The molecule has 92 valence electrons. The lowest BCUT2D eigenvalue weighted by Gasteiger charge is -2.03. The molecule has 3 rings (SSSR count). The zero-order chi connectivity index (χ0) is 12.7. The molecule has 0 saturated heterocycles. The summed E-state index contributed by atoms with van der Waals surface area (Å²) in [7, 11) is 0. The van der Waals surface area contributed by atoms with Crippen LogP contribution in [0.2, 0.25) is 0 Å². The predicted octanol–water partition coefficient (Wildman–Crippen LogP) is 3.39. The molecule has 1 aromatic heterocycles. The molecule has 0 aliphatic heterocycles. The highest BCUT2D eigenvalue weighted by molar-refractivity contribution is 7.16. The summed E-state index contributed by atoms with van der Waals surface area (Å²) in [5.41, 5.74) is 9.34. The summed E-state index contributed by atoms with van der Waals surface area (Å²) in [6.45, 7) is 0. The number of nitrogen functional groups attached to an aromatic ring is 1. The van der Waals surface area contributed by atoms with Crippen LogP contribution in [-0.4, -0.2) is 4.92 Å². The molecule has 2 N–H and O–H groups in total. The predicted molar refractivity (Wildman–Crippen MR) is 72.8 cm³/mol. The first-order valence-electron chi connectivity index (χ1n) is 5.81. The van der Waals surface area contributed by atoms with Gasteiger partial charge in [0.25, 0.3) is 5.69 Å². The van der Waals surface area contributed by atoms with Crippen molar-refractivity contribution in [2.75, 3.05) is 5.73 Å². The molecule has 0 radical (unpaired) electrons. The Balaban J connectivity index is 2.15. The maximum Gasteiger partial charge on any atom is 0.270 e. The first-order valence-corrected chi connectivity index (χ1v) is 6.63. The van der Waals surface area contributed by atoms with Gasteiger partial charge in [0, 0.05) is 22.6 Å². The van der Waals surface area contributed by atoms with E-state index in [0.29, 0.717) is 0 Å². The summed E-state index contributed by atoms with van der Waals surface area (Å²) in [6, 6.07) is 6.72. The maximum atomic E-state index is 10.8. The third kappa shape index (κ3) is 1.67. The Morgan fingerprint density at radius 1 is 1.33 bits per heavy atom. The molecular formula is C13H12N2O2S.